The molecule has 138 valence electrons. The fraction of sp³-hybridized carbons (Fsp3) is 0.300. The van der Waals surface area contributed by atoms with Crippen molar-refractivity contribution >= 4 is 5.91 Å². The highest BCUT2D eigenvalue weighted by molar-refractivity contribution is 5.94. The molecule has 4 rings (SSSR count). The Labute approximate surface area is 157 Å². The van der Waals surface area contributed by atoms with Gasteiger partial charge in [0, 0.05) is 36.6 Å². The molecule has 0 bridgehead atoms. The number of aromatic nitrogens is 3. The minimum atomic E-state index is -0.000925. The zero-order valence-electron chi connectivity index (χ0n) is 15.2. The third-order valence-corrected chi connectivity index (χ3v) is 4.92. The first-order chi connectivity index (χ1) is 13.2. The lowest BCUT2D eigenvalue weighted by Crippen LogP contribution is -2.28. The van der Waals surface area contributed by atoms with E-state index in [2.05, 4.69) is 22.0 Å². The van der Waals surface area contributed by atoms with E-state index in [9.17, 15) is 4.79 Å². The number of carbonyl (C=O) groups is 1. The highest BCUT2D eigenvalue weighted by Crippen LogP contribution is 2.33. The van der Waals surface area contributed by atoms with Gasteiger partial charge in [0.15, 0.2) is 0 Å². The molecule has 0 N–H and O–H groups in total. The highest BCUT2D eigenvalue weighted by atomic mass is 16.5. The van der Waals surface area contributed by atoms with Gasteiger partial charge in [0.05, 0.1) is 13.0 Å². The van der Waals surface area contributed by atoms with Crippen molar-refractivity contribution in [2.24, 2.45) is 5.92 Å². The Morgan fingerprint density at radius 3 is 2.74 bits per heavy atom. The Bertz CT molecular complexity index is 924. The average Bonchev–Trinajstić information content (AvgIpc) is 3.35. The molecule has 3 aromatic rings. The standard InChI is InChI=1S/C20H20N4O3/c1-13-11-24(20(25)14-5-7-16(26-2)8-6-14)12-17(13)19-22-18(23-27-19)15-4-3-9-21-10-15/h3-10,13,17H,11-12H2,1-2H3. The van der Waals surface area contributed by atoms with Crippen LogP contribution < -0.4 is 4.74 Å². The molecule has 3 heterocycles. The number of nitrogens with zero attached hydrogens (tertiary/aromatic N) is 4. The van der Waals surface area contributed by atoms with E-state index >= 15 is 0 Å². The first-order valence-corrected chi connectivity index (χ1v) is 8.83. The van der Waals surface area contributed by atoms with Crippen LogP contribution in [0.1, 0.15) is 29.1 Å². The van der Waals surface area contributed by atoms with Gasteiger partial charge in [-0.15, -0.1) is 0 Å². The number of methoxy groups -OCH3 is 1. The van der Waals surface area contributed by atoms with Crippen LogP contribution in [0, 0.1) is 5.92 Å². The van der Waals surface area contributed by atoms with Crippen molar-refractivity contribution < 1.29 is 14.1 Å². The zero-order chi connectivity index (χ0) is 18.8. The second-order valence-corrected chi connectivity index (χ2v) is 6.72. The summed E-state index contributed by atoms with van der Waals surface area (Å²) in [6.45, 7) is 3.31. The molecule has 0 radical (unpaired) electrons. The lowest BCUT2D eigenvalue weighted by molar-refractivity contribution is 0.0786. The molecule has 0 aliphatic carbocycles. The van der Waals surface area contributed by atoms with Crippen molar-refractivity contribution in [3.8, 4) is 17.1 Å². The molecule has 1 aromatic carbocycles. The van der Waals surface area contributed by atoms with E-state index in [0.29, 0.717) is 30.4 Å². The number of pyridine rings is 1. The average molecular weight is 364 g/mol. The van der Waals surface area contributed by atoms with Gasteiger partial charge >= 0.3 is 0 Å². The maximum absolute atomic E-state index is 12.8. The van der Waals surface area contributed by atoms with Gasteiger partial charge in [-0.25, -0.2) is 0 Å². The number of hydrogen-bond donors (Lipinski definition) is 0. The van der Waals surface area contributed by atoms with Crippen LogP contribution in [-0.2, 0) is 0 Å². The molecule has 0 spiro atoms. The lowest BCUT2D eigenvalue weighted by Gasteiger charge is -2.16. The Morgan fingerprint density at radius 2 is 2.04 bits per heavy atom. The summed E-state index contributed by atoms with van der Waals surface area (Å²) >= 11 is 0. The topological polar surface area (TPSA) is 81.4 Å². The molecule has 1 saturated heterocycles. The van der Waals surface area contributed by atoms with Crippen molar-refractivity contribution in [3.05, 3.63) is 60.2 Å². The van der Waals surface area contributed by atoms with Crippen LogP contribution in [0.2, 0.25) is 0 Å². The van der Waals surface area contributed by atoms with Crippen molar-refractivity contribution in [2.45, 2.75) is 12.8 Å². The van der Waals surface area contributed by atoms with Crippen LogP contribution in [0.4, 0.5) is 0 Å². The number of carbonyl (C=O) groups excluding carboxylic acids is 1. The maximum atomic E-state index is 12.8. The summed E-state index contributed by atoms with van der Waals surface area (Å²) < 4.78 is 10.6. The van der Waals surface area contributed by atoms with Gasteiger partial charge in [-0.2, -0.15) is 4.98 Å². The fourth-order valence-electron chi connectivity index (χ4n) is 3.37. The van der Waals surface area contributed by atoms with E-state index in [1.54, 1.807) is 43.8 Å². The smallest absolute Gasteiger partial charge is 0.253 e. The molecule has 1 aliphatic heterocycles. The minimum absolute atomic E-state index is 0.000925. The van der Waals surface area contributed by atoms with Crippen molar-refractivity contribution in [1.82, 2.24) is 20.0 Å². The van der Waals surface area contributed by atoms with E-state index < -0.39 is 0 Å². The van der Waals surface area contributed by atoms with Crippen LogP contribution in [0.25, 0.3) is 11.4 Å². The molecule has 0 saturated carbocycles. The Hall–Kier alpha value is -3.22. The predicted octanol–water partition coefficient (Wildman–Crippen LogP) is 3.02. The summed E-state index contributed by atoms with van der Waals surface area (Å²) in [5, 5.41) is 4.07. The summed E-state index contributed by atoms with van der Waals surface area (Å²) in [6, 6.07) is 10.9. The molecule has 1 fully saturated rings. The van der Waals surface area contributed by atoms with Gasteiger partial charge < -0.3 is 14.2 Å². The van der Waals surface area contributed by atoms with Gasteiger partial charge in [0.2, 0.25) is 11.7 Å². The van der Waals surface area contributed by atoms with E-state index in [1.807, 2.05) is 17.0 Å². The first kappa shape index (κ1) is 17.2. The van der Waals surface area contributed by atoms with Crippen molar-refractivity contribution in [3.63, 3.8) is 0 Å². The zero-order valence-corrected chi connectivity index (χ0v) is 15.2. The van der Waals surface area contributed by atoms with Crippen LogP contribution in [0.15, 0.2) is 53.3 Å². The van der Waals surface area contributed by atoms with Gasteiger partial charge in [0.1, 0.15) is 5.75 Å². The van der Waals surface area contributed by atoms with Gasteiger partial charge in [0.25, 0.3) is 5.91 Å². The molecule has 1 amide bonds. The van der Waals surface area contributed by atoms with Gasteiger partial charge in [-0.1, -0.05) is 12.1 Å². The second-order valence-electron chi connectivity index (χ2n) is 6.72. The van der Waals surface area contributed by atoms with Gasteiger partial charge in [-0.3, -0.25) is 9.78 Å². The van der Waals surface area contributed by atoms with Crippen LogP contribution in [-0.4, -0.2) is 46.1 Å². The number of ether oxygens (including phenoxy) is 1. The molecule has 2 atom stereocenters. The van der Waals surface area contributed by atoms with Crippen LogP contribution in [0.5, 0.6) is 5.75 Å². The molecular weight excluding hydrogens is 344 g/mol. The summed E-state index contributed by atoms with van der Waals surface area (Å²) in [5.41, 5.74) is 1.45. The maximum Gasteiger partial charge on any atom is 0.253 e. The van der Waals surface area contributed by atoms with E-state index in [4.69, 9.17) is 9.26 Å². The first-order valence-electron chi connectivity index (χ1n) is 8.83. The van der Waals surface area contributed by atoms with Gasteiger partial charge in [-0.05, 0) is 42.3 Å². The van der Waals surface area contributed by atoms with E-state index in [-0.39, 0.29) is 17.7 Å². The summed E-state index contributed by atoms with van der Waals surface area (Å²) in [5.74, 6) is 2.06. The van der Waals surface area contributed by atoms with Crippen molar-refractivity contribution in [1.29, 1.82) is 0 Å². The Balaban J connectivity index is 1.49. The Morgan fingerprint density at radius 1 is 1.22 bits per heavy atom. The molecule has 2 unspecified atom stereocenters. The predicted molar refractivity (Wildman–Crippen MR) is 98.3 cm³/mol. The van der Waals surface area contributed by atoms with E-state index in [1.165, 1.54) is 0 Å². The van der Waals surface area contributed by atoms with Crippen LogP contribution >= 0.6 is 0 Å². The highest BCUT2D eigenvalue weighted by Gasteiger charge is 2.37. The molecule has 1 aliphatic rings. The molecule has 7 nitrogen and oxygen atoms in total. The third kappa shape index (κ3) is 3.40. The normalized spacial score (nSPS) is 19.3. The van der Waals surface area contributed by atoms with Crippen LogP contribution in [0.3, 0.4) is 0 Å². The van der Waals surface area contributed by atoms with E-state index in [0.717, 1.165) is 11.3 Å². The summed E-state index contributed by atoms with van der Waals surface area (Å²) in [6.07, 6.45) is 3.40. The summed E-state index contributed by atoms with van der Waals surface area (Å²) in [4.78, 5) is 23.3. The molecule has 7 heteroatoms. The lowest BCUT2D eigenvalue weighted by atomic mass is 9.98. The Kier molecular flexibility index (Phi) is 4.58. The largest absolute Gasteiger partial charge is 0.497 e. The number of rotatable bonds is 4. The molecule has 2 aromatic heterocycles. The SMILES string of the molecule is COc1ccc(C(=O)N2CC(C)C(c3nc(-c4cccnc4)no3)C2)cc1. The monoisotopic (exact) mass is 364 g/mol. The minimum Gasteiger partial charge on any atom is -0.497 e. The second kappa shape index (κ2) is 7.19. The fourth-order valence-corrected chi connectivity index (χ4v) is 3.37. The van der Waals surface area contributed by atoms with Crippen molar-refractivity contribution in [2.75, 3.05) is 20.2 Å². The molecule has 27 heavy (non-hydrogen) atoms. The molecular formula is C20H20N4O3. The number of amides is 1. The third-order valence-electron chi connectivity index (χ3n) is 4.92. The quantitative estimate of drug-likeness (QED) is 0.708. The number of benzene rings is 1. The number of hydrogen-bond acceptors (Lipinski definition) is 6. The number of likely N-dealkylation sites (tertiary alicyclic amines) is 1. The summed E-state index contributed by atoms with van der Waals surface area (Å²) in [7, 11) is 1.60.